The van der Waals surface area contributed by atoms with Crippen molar-refractivity contribution < 1.29 is 17.9 Å². The monoisotopic (exact) mass is 454 g/mol. The third-order valence-electron chi connectivity index (χ3n) is 5.58. The standard InChI is InChI=1S/C23H26N4O4S/c1-31-22-10-9-19(32(29,30)27-12-5-2-6-13-27)15-20(22)23(28)25-16-18-7-3-4-8-21(18)26-14-11-24-17-26/h3-4,7-11,14-15,17H,2,5-6,12-13,16H2,1H3,(H,25,28). The van der Waals surface area contributed by atoms with Gasteiger partial charge >= 0.3 is 0 Å². The molecule has 0 atom stereocenters. The summed E-state index contributed by atoms with van der Waals surface area (Å²) in [6.07, 6.45) is 7.94. The number of amides is 1. The van der Waals surface area contributed by atoms with Crippen LogP contribution in [0.1, 0.15) is 35.2 Å². The predicted octanol–water partition coefficient (Wildman–Crippen LogP) is 2.99. The van der Waals surface area contributed by atoms with E-state index in [4.69, 9.17) is 4.74 Å². The first kappa shape index (κ1) is 22.0. The predicted molar refractivity (Wildman–Crippen MR) is 120 cm³/mol. The Labute approximate surface area is 187 Å². The molecule has 0 aliphatic carbocycles. The van der Waals surface area contributed by atoms with Crippen LogP contribution in [0.25, 0.3) is 5.69 Å². The smallest absolute Gasteiger partial charge is 0.255 e. The summed E-state index contributed by atoms with van der Waals surface area (Å²) in [6.45, 7) is 1.27. The summed E-state index contributed by atoms with van der Waals surface area (Å²) < 4.78 is 34.8. The molecule has 2 heterocycles. The highest BCUT2D eigenvalue weighted by Gasteiger charge is 2.27. The lowest BCUT2D eigenvalue weighted by atomic mass is 10.1. The third-order valence-corrected chi connectivity index (χ3v) is 7.48. The molecule has 9 heteroatoms. The Morgan fingerprint density at radius 2 is 1.91 bits per heavy atom. The summed E-state index contributed by atoms with van der Waals surface area (Å²) in [7, 11) is -2.20. The van der Waals surface area contributed by atoms with E-state index in [1.54, 1.807) is 12.5 Å². The molecule has 1 fully saturated rings. The fourth-order valence-corrected chi connectivity index (χ4v) is 5.41. The number of hydrogen-bond donors (Lipinski definition) is 1. The van der Waals surface area contributed by atoms with Crippen LogP contribution < -0.4 is 10.1 Å². The van der Waals surface area contributed by atoms with Crippen LogP contribution in [0.15, 0.2) is 66.1 Å². The van der Waals surface area contributed by atoms with Gasteiger partial charge in [-0.1, -0.05) is 24.6 Å². The topological polar surface area (TPSA) is 93.5 Å². The minimum Gasteiger partial charge on any atom is -0.496 e. The molecular weight excluding hydrogens is 428 g/mol. The van der Waals surface area contributed by atoms with Crippen LogP contribution >= 0.6 is 0 Å². The van der Waals surface area contributed by atoms with E-state index in [2.05, 4.69) is 10.3 Å². The second-order valence-electron chi connectivity index (χ2n) is 7.61. The SMILES string of the molecule is COc1ccc(S(=O)(=O)N2CCCCC2)cc1C(=O)NCc1ccccc1-n1ccnc1. The number of carbonyl (C=O) groups excluding carboxylic acids is 1. The number of piperidine rings is 1. The first-order valence-electron chi connectivity index (χ1n) is 10.5. The van der Waals surface area contributed by atoms with E-state index in [0.29, 0.717) is 18.8 Å². The van der Waals surface area contributed by atoms with Gasteiger partial charge in [0.25, 0.3) is 5.91 Å². The summed E-state index contributed by atoms with van der Waals surface area (Å²) in [5, 5.41) is 2.89. The zero-order valence-electron chi connectivity index (χ0n) is 17.9. The highest BCUT2D eigenvalue weighted by atomic mass is 32.2. The van der Waals surface area contributed by atoms with Gasteiger partial charge in [-0.3, -0.25) is 4.79 Å². The molecule has 168 valence electrons. The minimum atomic E-state index is -3.66. The number of hydrogen-bond acceptors (Lipinski definition) is 5. The van der Waals surface area contributed by atoms with E-state index >= 15 is 0 Å². The average Bonchev–Trinajstić information content (AvgIpc) is 3.37. The molecule has 0 radical (unpaired) electrons. The van der Waals surface area contributed by atoms with Gasteiger partial charge < -0.3 is 14.6 Å². The van der Waals surface area contributed by atoms with Crippen molar-refractivity contribution in [2.24, 2.45) is 0 Å². The molecular formula is C23H26N4O4S. The lowest BCUT2D eigenvalue weighted by Crippen LogP contribution is -2.35. The van der Waals surface area contributed by atoms with Crippen LogP contribution in [-0.2, 0) is 16.6 Å². The van der Waals surface area contributed by atoms with Crippen LogP contribution in [0.2, 0.25) is 0 Å². The molecule has 0 unspecified atom stereocenters. The first-order valence-corrected chi connectivity index (χ1v) is 12.0. The van der Waals surface area contributed by atoms with Crippen molar-refractivity contribution in [1.82, 2.24) is 19.2 Å². The van der Waals surface area contributed by atoms with Crippen LogP contribution in [0.3, 0.4) is 0 Å². The van der Waals surface area contributed by atoms with Crippen LogP contribution in [-0.4, -0.2) is 48.4 Å². The molecule has 1 N–H and O–H groups in total. The fourth-order valence-electron chi connectivity index (χ4n) is 3.86. The van der Waals surface area contributed by atoms with Crippen molar-refractivity contribution in [3.63, 3.8) is 0 Å². The zero-order chi connectivity index (χ0) is 22.6. The molecule has 32 heavy (non-hydrogen) atoms. The normalized spacial score (nSPS) is 14.8. The number of ether oxygens (including phenoxy) is 1. The Morgan fingerprint density at radius 1 is 1.12 bits per heavy atom. The van der Waals surface area contributed by atoms with E-state index in [1.165, 1.54) is 29.6 Å². The maximum Gasteiger partial charge on any atom is 0.255 e. The molecule has 1 aliphatic heterocycles. The Bertz CT molecular complexity index is 1190. The molecule has 0 saturated carbocycles. The molecule has 2 aromatic carbocycles. The van der Waals surface area contributed by atoms with Gasteiger partial charge in [0.2, 0.25) is 10.0 Å². The summed E-state index contributed by atoms with van der Waals surface area (Å²) in [4.78, 5) is 17.2. The lowest BCUT2D eigenvalue weighted by molar-refractivity contribution is 0.0947. The molecule has 1 aliphatic rings. The molecule has 0 spiro atoms. The number of methoxy groups -OCH3 is 1. The molecule has 3 aromatic rings. The Kier molecular flexibility index (Phi) is 6.57. The summed E-state index contributed by atoms with van der Waals surface area (Å²) in [5.41, 5.74) is 1.99. The highest BCUT2D eigenvalue weighted by Crippen LogP contribution is 2.26. The quantitative estimate of drug-likeness (QED) is 0.592. The molecule has 0 bridgehead atoms. The summed E-state index contributed by atoms with van der Waals surface area (Å²) in [6, 6.07) is 12.1. The number of nitrogens with zero attached hydrogens (tertiary/aromatic N) is 3. The van der Waals surface area contributed by atoms with Crippen LogP contribution in [0, 0.1) is 0 Å². The number of imidazole rings is 1. The molecule has 4 rings (SSSR count). The van der Waals surface area contributed by atoms with Gasteiger partial charge in [0, 0.05) is 32.0 Å². The largest absolute Gasteiger partial charge is 0.496 e. The van der Waals surface area contributed by atoms with Gasteiger partial charge in [-0.25, -0.2) is 13.4 Å². The number of aromatic nitrogens is 2. The van der Waals surface area contributed by atoms with Crippen molar-refractivity contribution in [1.29, 1.82) is 0 Å². The third kappa shape index (κ3) is 4.53. The van der Waals surface area contributed by atoms with Crippen molar-refractivity contribution >= 4 is 15.9 Å². The number of rotatable bonds is 7. The Balaban J connectivity index is 1.57. The van der Waals surface area contributed by atoms with E-state index in [0.717, 1.165) is 30.5 Å². The van der Waals surface area contributed by atoms with Crippen molar-refractivity contribution in [3.8, 4) is 11.4 Å². The number of sulfonamides is 1. The number of carbonyl (C=O) groups is 1. The maximum atomic E-state index is 13.1. The highest BCUT2D eigenvalue weighted by molar-refractivity contribution is 7.89. The van der Waals surface area contributed by atoms with Crippen molar-refractivity contribution in [2.75, 3.05) is 20.2 Å². The van der Waals surface area contributed by atoms with Gasteiger partial charge in [-0.15, -0.1) is 0 Å². The maximum absolute atomic E-state index is 13.1. The van der Waals surface area contributed by atoms with E-state index < -0.39 is 15.9 Å². The van der Waals surface area contributed by atoms with E-state index in [9.17, 15) is 13.2 Å². The van der Waals surface area contributed by atoms with Gasteiger partial charge in [-0.05, 0) is 42.7 Å². The summed E-state index contributed by atoms with van der Waals surface area (Å²) in [5.74, 6) is -0.0824. The second-order valence-corrected chi connectivity index (χ2v) is 9.55. The van der Waals surface area contributed by atoms with Crippen LogP contribution in [0.4, 0.5) is 0 Å². The number of benzene rings is 2. The molecule has 1 aromatic heterocycles. The van der Waals surface area contributed by atoms with Gasteiger partial charge in [0.15, 0.2) is 0 Å². The fraction of sp³-hybridized carbons (Fsp3) is 0.304. The van der Waals surface area contributed by atoms with Crippen LogP contribution in [0.5, 0.6) is 5.75 Å². The minimum absolute atomic E-state index is 0.101. The van der Waals surface area contributed by atoms with Gasteiger partial charge in [0.05, 0.1) is 29.6 Å². The van der Waals surface area contributed by atoms with Crippen molar-refractivity contribution in [3.05, 3.63) is 72.3 Å². The Hall–Kier alpha value is -3.17. The lowest BCUT2D eigenvalue weighted by Gasteiger charge is -2.26. The Morgan fingerprint density at radius 3 is 2.62 bits per heavy atom. The summed E-state index contributed by atoms with van der Waals surface area (Å²) >= 11 is 0. The molecule has 8 nitrogen and oxygen atoms in total. The molecule has 1 amide bonds. The van der Waals surface area contributed by atoms with Gasteiger partial charge in [0.1, 0.15) is 5.75 Å². The number of para-hydroxylation sites is 1. The number of nitrogens with one attached hydrogen (secondary N) is 1. The van der Waals surface area contributed by atoms with E-state index in [-0.39, 0.29) is 17.0 Å². The van der Waals surface area contributed by atoms with Crippen molar-refractivity contribution in [2.45, 2.75) is 30.7 Å². The first-order chi connectivity index (χ1) is 15.5. The van der Waals surface area contributed by atoms with E-state index in [1.807, 2.05) is 35.0 Å². The average molecular weight is 455 g/mol. The zero-order valence-corrected chi connectivity index (χ0v) is 18.7. The van der Waals surface area contributed by atoms with Gasteiger partial charge in [-0.2, -0.15) is 4.31 Å². The molecule has 1 saturated heterocycles. The second kappa shape index (κ2) is 9.54.